The van der Waals surface area contributed by atoms with Crippen LogP contribution in [0.3, 0.4) is 0 Å². The molecule has 0 amide bonds. The number of carbonyl (C=O) groups is 3. The maximum atomic E-state index is 11.0. The molecule has 0 fully saturated rings. The van der Waals surface area contributed by atoms with Crippen molar-refractivity contribution in [3.8, 4) is 0 Å². The Morgan fingerprint density at radius 1 is 1.11 bits per heavy atom. The Morgan fingerprint density at radius 2 is 1.67 bits per heavy atom. The van der Waals surface area contributed by atoms with Crippen LogP contribution in [0.1, 0.15) is 32.6 Å². The zero-order chi connectivity index (χ0) is 14.1. The Hall–Kier alpha value is -1.85. The predicted octanol–water partition coefficient (Wildman–Crippen LogP) is 1.45. The maximum Gasteiger partial charge on any atom is 0.333 e. The van der Waals surface area contributed by atoms with Crippen molar-refractivity contribution in [2.24, 2.45) is 5.92 Å². The molecule has 0 aromatic heterocycles. The van der Waals surface area contributed by atoms with Crippen molar-refractivity contribution in [1.82, 2.24) is 0 Å². The summed E-state index contributed by atoms with van der Waals surface area (Å²) < 4.78 is 4.83. The third-order valence-electron chi connectivity index (χ3n) is 2.31. The lowest BCUT2D eigenvalue weighted by atomic mass is 10.0. The van der Waals surface area contributed by atoms with Gasteiger partial charge in [0.1, 0.15) is 0 Å². The van der Waals surface area contributed by atoms with Gasteiger partial charge in [-0.2, -0.15) is 0 Å². The lowest BCUT2D eigenvalue weighted by molar-refractivity contribution is -0.154. The van der Waals surface area contributed by atoms with E-state index in [1.807, 2.05) is 0 Å². The molecule has 0 aliphatic heterocycles. The van der Waals surface area contributed by atoms with Gasteiger partial charge in [-0.1, -0.05) is 19.4 Å². The van der Waals surface area contributed by atoms with Crippen LogP contribution in [0, 0.1) is 5.92 Å². The molecule has 0 aliphatic rings. The smallest absolute Gasteiger partial charge is 0.333 e. The van der Waals surface area contributed by atoms with E-state index in [0.717, 1.165) is 0 Å². The minimum atomic E-state index is -1.36. The number of aliphatic carboxylic acids is 2. The summed E-state index contributed by atoms with van der Waals surface area (Å²) in [4.78, 5) is 32.1. The highest BCUT2D eigenvalue weighted by atomic mass is 16.5. The van der Waals surface area contributed by atoms with Crippen LogP contribution in [0.2, 0.25) is 0 Å². The molecule has 102 valence electrons. The summed E-state index contributed by atoms with van der Waals surface area (Å²) in [5.41, 5.74) is 0.326. The Balaban J connectivity index is 3.68. The molecular formula is C12H18O6. The third-order valence-corrected chi connectivity index (χ3v) is 2.31. The quantitative estimate of drug-likeness (QED) is 0.281. The first kappa shape index (κ1) is 16.1. The highest BCUT2D eigenvalue weighted by molar-refractivity contribution is 5.92. The molecule has 0 saturated heterocycles. The molecule has 6 nitrogen and oxygen atoms in total. The van der Waals surface area contributed by atoms with E-state index in [4.69, 9.17) is 14.9 Å². The molecule has 0 heterocycles. The number of hydrogen-bond donors (Lipinski definition) is 2. The second-order valence-electron chi connectivity index (χ2n) is 3.99. The lowest BCUT2D eigenvalue weighted by Crippen LogP contribution is -2.23. The van der Waals surface area contributed by atoms with Gasteiger partial charge in [0.2, 0.25) is 0 Å². The van der Waals surface area contributed by atoms with Crippen molar-refractivity contribution in [3.05, 3.63) is 12.2 Å². The Labute approximate surface area is 105 Å². The van der Waals surface area contributed by atoms with Crippen molar-refractivity contribution in [3.63, 3.8) is 0 Å². The summed E-state index contributed by atoms with van der Waals surface area (Å²) in [7, 11) is 0. The molecule has 0 aliphatic carbocycles. The predicted molar refractivity (Wildman–Crippen MR) is 63.0 cm³/mol. The molecule has 6 heteroatoms. The Kier molecular flexibility index (Phi) is 7.42. The van der Waals surface area contributed by atoms with Crippen LogP contribution < -0.4 is 0 Å². The topological polar surface area (TPSA) is 101 Å². The summed E-state index contributed by atoms with van der Waals surface area (Å²) in [6, 6.07) is 0. The van der Waals surface area contributed by atoms with Crippen LogP contribution in [0.15, 0.2) is 12.2 Å². The van der Waals surface area contributed by atoms with E-state index in [0.29, 0.717) is 24.8 Å². The normalized spacial score (nSPS) is 10.1. The first-order valence-corrected chi connectivity index (χ1v) is 5.64. The van der Waals surface area contributed by atoms with Gasteiger partial charge < -0.3 is 14.9 Å². The zero-order valence-corrected chi connectivity index (χ0v) is 10.3. The molecule has 0 atom stereocenters. The van der Waals surface area contributed by atoms with Crippen LogP contribution in [-0.2, 0) is 19.1 Å². The number of rotatable bonds is 9. The van der Waals surface area contributed by atoms with Gasteiger partial charge in [-0.05, 0) is 19.8 Å². The average molecular weight is 258 g/mol. The second-order valence-corrected chi connectivity index (χ2v) is 3.99. The number of hydrogen-bond acceptors (Lipinski definition) is 4. The van der Waals surface area contributed by atoms with E-state index in [1.165, 1.54) is 0 Å². The summed E-state index contributed by atoms with van der Waals surface area (Å²) in [6.45, 7) is 5.21. The van der Waals surface area contributed by atoms with Crippen molar-refractivity contribution >= 4 is 17.9 Å². The van der Waals surface area contributed by atoms with Crippen molar-refractivity contribution in [2.75, 3.05) is 6.61 Å². The molecule has 0 saturated carbocycles. The molecule has 0 aromatic carbocycles. The van der Waals surface area contributed by atoms with E-state index in [9.17, 15) is 14.4 Å². The molecule has 0 bridgehead atoms. The van der Waals surface area contributed by atoms with Gasteiger partial charge in [0.25, 0.3) is 0 Å². The van der Waals surface area contributed by atoms with Gasteiger partial charge in [-0.15, -0.1) is 0 Å². The maximum absolute atomic E-state index is 11.0. The first-order valence-electron chi connectivity index (χ1n) is 5.64. The van der Waals surface area contributed by atoms with Gasteiger partial charge in [0, 0.05) is 5.57 Å². The van der Waals surface area contributed by atoms with E-state index >= 15 is 0 Å². The van der Waals surface area contributed by atoms with Gasteiger partial charge in [0.15, 0.2) is 5.92 Å². The van der Waals surface area contributed by atoms with Crippen LogP contribution in [0.5, 0.6) is 0 Å². The fourth-order valence-electron chi connectivity index (χ4n) is 1.27. The van der Waals surface area contributed by atoms with Crippen LogP contribution >= 0.6 is 0 Å². The highest BCUT2D eigenvalue weighted by Gasteiger charge is 2.24. The highest BCUT2D eigenvalue weighted by Crippen LogP contribution is 2.11. The van der Waals surface area contributed by atoms with Gasteiger partial charge in [-0.25, -0.2) is 4.79 Å². The van der Waals surface area contributed by atoms with Gasteiger partial charge in [-0.3, -0.25) is 9.59 Å². The second kappa shape index (κ2) is 8.27. The number of ether oxygens (including phenoxy) is 1. The molecule has 0 rings (SSSR count). The fraction of sp³-hybridized carbons (Fsp3) is 0.583. The van der Waals surface area contributed by atoms with Gasteiger partial charge in [0.05, 0.1) is 6.61 Å². The molecule has 0 radical (unpaired) electrons. The Bertz CT molecular complexity index is 319. The Morgan fingerprint density at radius 3 is 2.11 bits per heavy atom. The summed E-state index contributed by atoms with van der Waals surface area (Å²) >= 11 is 0. The number of carboxylic acid groups (broad SMARTS) is 2. The molecule has 0 spiro atoms. The van der Waals surface area contributed by atoms with E-state index in [1.54, 1.807) is 6.92 Å². The van der Waals surface area contributed by atoms with Crippen LogP contribution in [0.25, 0.3) is 0 Å². The van der Waals surface area contributed by atoms with Crippen LogP contribution in [0.4, 0.5) is 0 Å². The van der Waals surface area contributed by atoms with Crippen molar-refractivity contribution < 1.29 is 29.3 Å². The largest absolute Gasteiger partial charge is 0.481 e. The molecule has 2 N–H and O–H groups in total. The third kappa shape index (κ3) is 6.67. The lowest BCUT2D eigenvalue weighted by Gasteiger charge is -2.07. The average Bonchev–Trinajstić information content (AvgIpc) is 2.26. The van der Waals surface area contributed by atoms with E-state index in [-0.39, 0.29) is 13.0 Å². The monoisotopic (exact) mass is 258 g/mol. The summed E-state index contributed by atoms with van der Waals surface area (Å²) in [6.07, 6.45) is 1.73. The SMILES string of the molecule is C=C(C)C(=O)OCCCCCC(C(=O)O)C(=O)O. The molecule has 0 aromatic rings. The standard InChI is InChI=1S/C12H18O6/c1-8(2)12(17)18-7-5-3-4-6-9(10(13)14)11(15)16/h9H,1,3-7H2,2H3,(H,13,14)(H,15,16). The minimum Gasteiger partial charge on any atom is -0.481 e. The van der Waals surface area contributed by atoms with Crippen LogP contribution in [-0.4, -0.2) is 34.7 Å². The van der Waals surface area contributed by atoms with E-state index in [2.05, 4.69) is 6.58 Å². The van der Waals surface area contributed by atoms with E-state index < -0.39 is 23.8 Å². The number of unbranched alkanes of at least 4 members (excludes halogenated alkanes) is 2. The summed E-state index contributed by atoms with van der Waals surface area (Å²) in [5.74, 6) is -4.46. The molecule has 0 unspecified atom stereocenters. The first-order chi connectivity index (χ1) is 8.36. The number of carbonyl (C=O) groups excluding carboxylic acids is 1. The minimum absolute atomic E-state index is 0.0824. The summed E-state index contributed by atoms with van der Waals surface area (Å²) in [5, 5.41) is 17.2. The number of esters is 1. The zero-order valence-electron chi connectivity index (χ0n) is 10.3. The molecule has 18 heavy (non-hydrogen) atoms. The van der Waals surface area contributed by atoms with Gasteiger partial charge >= 0.3 is 17.9 Å². The fourth-order valence-corrected chi connectivity index (χ4v) is 1.27. The van der Waals surface area contributed by atoms with Crippen molar-refractivity contribution in [1.29, 1.82) is 0 Å². The number of carboxylic acids is 2. The van der Waals surface area contributed by atoms with Crippen molar-refractivity contribution in [2.45, 2.75) is 32.6 Å². The molecular weight excluding hydrogens is 240 g/mol.